The zero-order chi connectivity index (χ0) is 36.3. The van der Waals surface area contributed by atoms with Gasteiger partial charge in [0.15, 0.2) is 0 Å². The van der Waals surface area contributed by atoms with Crippen LogP contribution in [-0.2, 0) is 14.3 Å². The highest BCUT2D eigenvalue weighted by Gasteiger charge is 2.13. The summed E-state index contributed by atoms with van der Waals surface area (Å²) in [6.07, 6.45) is 53.9. The van der Waals surface area contributed by atoms with E-state index in [1.54, 1.807) is 0 Å². The van der Waals surface area contributed by atoms with Gasteiger partial charge < -0.3 is 14.6 Å². The summed E-state index contributed by atoms with van der Waals surface area (Å²) in [5.74, 6) is -0.210. The topological polar surface area (TPSA) is 55.8 Å². The van der Waals surface area contributed by atoms with Crippen LogP contribution in [0, 0.1) is 0 Å². The molecule has 0 aliphatic rings. The molecule has 0 aromatic carbocycles. The summed E-state index contributed by atoms with van der Waals surface area (Å²) in [5, 5.41) is 9.60. The Bertz CT molecular complexity index is 702. The molecule has 1 N–H and O–H groups in total. The summed E-state index contributed by atoms with van der Waals surface area (Å²) in [7, 11) is 0. The molecule has 0 spiro atoms. The number of hydrogen-bond donors (Lipinski definition) is 1. The van der Waals surface area contributed by atoms with Crippen LogP contribution in [0.2, 0.25) is 0 Å². The van der Waals surface area contributed by atoms with Gasteiger partial charge in [-0.05, 0) is 44.9 Å². The van der Waals surface area contributed by atoms with E-state index in [1.165, 1.54) is 180 Å². The molecule has 0 aromatic heterocycles. The Morgan fingerprint density at radius 3 is 1.26 bits per heavy atom. The van der Waals surface area contributed by atoms with Gasteiger partial charge in [-0.2, -0.15) is 0 Å². The standard InChI is InChI=1S/C46H88O4/c1-3-5-7-9-11-13-15-17-19-21-22-23-24-25-26-28-30-32-34-36-38-40-42-49-44-45(43-47)50-46(48)41-39-37-35-33-31-29-27-20-18-16-14-12-10-8-6-4-2/h14,16,20,27,45,47H,3-13,15,17-19,21-26,28-44H2,1-2H3/b16-14-,27-20-. The molecule has 0 fully saturated rings. The average Bonchev–Trinajstić information content (AvgIpc) is 3.12. The third-order valence-corrected chi connectivity index (χ3v) is 10.0. The third-order valence-electron chi connectivity index (χ3n) is 10.0. The summed E-state index contributed by atoms with van der Waals surface area (Å²) in [5.41, 5.74) is 0. The largest absolute Gasteiger partial charge is 0.457 e. The normalized spacial score (nSPS) is 12.5. The Kier molecular flexibility index (Phi) is 43.0. The van der Waals surface area contributed by atoms with Gasteiger partial charge in [0.05, 0.1) is 13.2 Å². The van der Waals surface area contributed by atoms with E-state index in [0.29, 0.717) is 19.6 Å². The van der Waals surface area contributed by atoms with Crippen LogP contribution in [0.25, 0.3) is 0 Å². The Hall–Kier alpha value is -1.13. The minimum atomic E-state index is -0.537. The van der Waals surface area contributed by atoms with Crippen molar-refractivity contribution in [1.82, 2.24) is 0 Å². The van der Waals surface area contributed by atoms with Gasteiger partial charge in [-0.3, -0.25) is 4.79 Å². The molecule has 1 atom stereocenters. The zero-order valence-corrected chi connectivity index (χ0v) is 33.9. The van der Waals surface area contributed by atoms with Gasteiger partial charge in [0.2, 0.25) is 0 Å². The van der Waals surface area contributed by atoms with E-state index in [1.807, 2.05) is 0 Å². The molecule has 0 aliphatic heterocycles. The number of allylic oxidation sites excluding steroid dienone is 4. The first kappa shape index (κ1) is 48.9. The fourth-order valence-electron chi connectivity index (χ4n) is 6.65. The Balaban J connectivity index is 3.38. The molecular weight excluding hydrogens is 617 g/mol. The molecule has 0 radical (unpaired) electrons. The Labute approximate surface area is 313 Å². The zero-order valence-electron chi connectivity index (χ0n) is 33.9. The summed E-state index contributed by atoms with van der Waals surface area (Å²) >= 11 is 0. The summed E-state index contributed by atoms with van der Waals surface area (Å²) < 4.78 is 11.2. The third kappa shape index (κ3) is 41.3. The molecule has 4 nitrogen and oxygen atoms in total. The SMILES string of the molecule is CCCCCC/C=C\C/C=C\CCCCCCCC(=O)OC(CO)COCCCCCCCCCCCCCCCCCCCCCCCC. The second-order valence-corrected chi connectivity index (χ2v) is 15.1. The molecular formula is C46H88O4. The van der Waals surface area contributed by atoms with E-state index in [-0.39, 0.29) is 12.6 Å². The average molecular weight is 705 g/mol. The van der Waals surface area contributed by atoms with Crippen LogP contribution < -0.4 is 0 Å². The monoisotopic (exact) mass is 705 g/mol. The van der Waals surface area contributed by atoms with Crippen molar-refractivity contribution in [2.45, 2.75) is 245 Å². The highest BCUT2D eigenvalue weighted by atomic mass is 16.6. The Morgan fingerprint density at radius 2 is 0.840 bits per heavy atom. The number of carbonyl (C=O) groups excluding carboxylic acids is 1. The van der Waals surface area contributed by atoms with Crippen LogP contribution >= 0.6 is 0 Å². The van der Waals surface area contributed by atoms with Crippen molar-refractivity contribution in [3.8, 4) is 0 Å². The van der Waals surface area contributed by atoms with Gasteiger partial charge >= 0.3 is 5.97 Å². The summed E-state index contributed by atoms with van der Waals surface area (Å²) in [6, 6.07) is 0. The smallest absolute Gasteiger partial charge is 0.306 e. The lowest BCUT2D eigenvalue weighted by atomic mass is 10.0. The van der Waals surface area contributed by atoms with Crippen LogP contribution in [0.4, 0.5) is 0 Å². The quantitative estimate of drug-likeness (QED) is 0.0390. The van der Waals surface area contributed by atoms with E-state index in [0.717, 1.165) is 38.5 Å². The van der Waals surface area contributed by atoms with Crippen molar-refractivity contribution >= 4 is 5.97 Å². The number of unbranched alkanes of at least 4 members (excludes halogenated alkanes) is 30. The van der Waals surface area contributed by atoms with Crippen LogP contribution in [0.3, 0.4) is 0 Å². The predicted molar refractivity (Wildman–Crippen MR) is 219 cm³/mol. The molecule has 0 aliphatic carbocycles. The lowest BCUT2D eigenvalue weighted by Gasteiger charge is -2.15. The maximum absolute atomic E-state index is 12.2. The first-order valence-corrected chi connectivity index (χ1v) is 22.4. The highest BCUT2D eigenvalue weighted by Crippen LogP contribution is 2.16. The first-order valence-electron chi connectivity index (χ1n) is 22.4. The van der Waals surface area contributed by atoms with Crippen molar-refractivity contribution in [3.05, 3.63) is 24.3 Å². The fraction of sp³-hybridized carbons (Fsp3) is 0.891. The van der Waals surface area contributed by atoms with Gasteiger partial charge in [0, 0.05) is 13.0 Å². The van der Waals surface area contributed by atoms with Crippen molar-refractivity contribution in [3.63, 3.8) is 0 Å². The molecule has 0 aromatic rings. The fourth-order valence-corrected chi connectivity index (χ4v) is 6.65. The molecule has 0 rings (SSSR count). The number of aliphatic hydroxyl groups excluding tert-OH is 1. The molecule has 4 heteroatoms. The molecule has 0 heterocycles. The minimum absolute atomic E-state index is 0.173. The van der Waals surface area contributed by atoms with Gasteiger partial charge in [-0.1, -0.05) is 212 Å². The summed E-state index contributed by atoms with van der Waals surface area (Å²) in [4.78, 5) is 12.2. The number of carbonyl (C=O) groups is 1. The van der Waals surface area contributed by atoms with Crippen molar-refractivity contribution in [2.75, 3.05) is 19.8 Å². The number of ether oxygens (including phenoxy) is 2. The van der Waals surface area contributed by atoms with E-state index >= 15 is 0 Å². The second-order valence-electron chi connectivity index (χ2n) is 15.1. The molecule has 0 saturated carbocycles. The van der Waals surface area contributed by atoms with Crippen molar-refractivity contribution < 1.29 is 19.4 Å². The maximum Gasteiger partial charge on any atom is 0.306 e. The first-order chi connectivity index (χ1) is 24.7. The molecule has 0 amide bonds. The number of aliphatic hydroxyl groups is 1. The molecule has 0 bridgehead atoms. The summed E-state index contributed by atoms with van der Waals surface area (Å²) in [6.45, 7) is 5.35. The minimum Gasteiger partial charge on any atom is -0.457 e. The molecule has 1 unspecified atom stereocenters. The maximum atomic E-state index is 12.2. The van der Waals surface area contributed by atoms with Crippen molar-refractivity contribution in [1.29, 1.82) is 0 Å². The van der Waals surface area contributed by atoms with Crippen LogP contribution in [0.15, 0.2) is 24.3 Å². The lowest BCUT2D eigenvalue weighted by molar-refractivity contribution is -0.154. The van der Waals surface area contributed by atoms with Gasteiger partial charge in [0.1, 0.15) is 6.10 Å². The van der Waals surface area contributed by atoms with Gasteiger partial charge in [0.25, 0.3) is 0 Å². The van der Waals surface area contributed by atoms with Crippen LogP contribution in [-0.4, -0.2) is 37.0 Å². The molecule has 296 valence electrons. The van der Waals surface area contributed by atoms with Gasteiger partial charge in [-0.15, -0.1) is 0 Å². The predicted octanol–water partition coefficient (Wildman–Crippen LogP) is 14.7. The van der Waals surface area contributed by atoms with Gasteiger partial charge in [-0.25, -0.2) is 0 Å². The van der Waals surface area contributed by atoms with E-state index in [2.05, 4.69) is 38.2 Å². The Morgan fingerprint density at radius 1 is 0.480 bits per heavy atom. The van der Waals surface area contributed by atoms with Crippen LogP contribution in [0.5, 0.6) is 0 Å². The number of hydrogen-bond acceptors (Lipinski definition) is 4. The van der Waals surface area contributed by atoms with Crippen LogP contribution in [0.1, 0.15) is 239 Å². The molecule has 50 heavy (non-hydrogen) atoms. The lowest BCUT2D eigenvalue weighted by Crippen LogP contribution is -2.27. The van der Waals surface area contributed by atoms with E-state index in [4.69, 9.17) is 9.47 Å². The number of esters is 1. The number of rotatable bonds is 42. The van der Waals surface area contributed by atoms with E-state index < -0.39 is 6.10 Å². The van der Waals surface area contributed by atoms with E-state index in [9.17, 15) is 9.90 Å². The second kappa shape index (κ2) is 44.0. The van der Waals surface area contributed by atoms with Crippen molar-refractivity contribution in [2.24, 2.45) is 0 Å². The highest BCUT2D eigenvalue weighted by molar-refractivity contribution is 5.69. The molecule has 0 saturated heterocycles.